The maximum absolute atomic E-state index is 13.4. The Bertz CT molecular complexity index is 1010. The van der Waals surface area contributed by atoms with E-state index in [-0.39, 0.29) is 5.56 Å². The van der Waals surface area contributed by atoms with Crippen LogP contribution in [0.3, 0.4) is 0 Å². The number of benzene rings is 1. The average Bonchev–Trinajstić information content (AvgIpc) is 3.06. The molecule has 0 amide bonds. The van der Waals surface area contributed by atoms with Crippen molar-refractivity contribution in [3.05, 3.63) is 57.0 Å². The SMILES string of the molecule is CN(C)Cc1nc2sc3c(c2c(=O)n1CCCOc1ccccc1)CCCC3. The normalized spacial score (nSPS) is 13.8. The van der Waals surface area contributed by atoms with E-state index in [9.17, 15) is 4.79 Å². The molecule has 1 aliphatic carbocycles. The van der Waals surface area contributed by atoms with Crippen molar-refractivity contribution in [2.75, 3.05) is 20.7 Å². The molecular weight excluding hydrogens is 370 g/mol. The molecule has 0 atom stereocenters. The van der Waals surface area contributed by atoms with E-state index in [0.717, 1.165) is 41.1 Å². The fourth-order valence-electron chi connectivity index (χ4n) is 3.84. The molecule has 0 aliphatic heterocycles. The van der Waals surface area contributed by atoms with Crippen LogP contribution in [0.25, 0.3) is 10.2 Å². The van der Waals surface area contributed by atoms with Gasteiger partial charge in [0, 0.05) is 11.4 Å². The summed E-state index contributed by atoms with van der Waals surface area (Å²) in [5.74, 6) is 1.71. The molecule has 4 rings (SSSR count). The molecule has 1 aliphatic rings. The Morgan fingerprint density at radius 3 is 2.75 bits per heavy atom. The summed E-state index contributed by atoms with van der Waals surface area (Å²) < 4.78 is 7.68. The van der Waals surface area contributed by atoms with Crippen LogP contribution in [-0.4, -0.2) is 35.2 Å². The fourth-order valence-corrected chi connectivity index (χ4v) is 5.11. The zero-order valence-corrected chi connectivity index (χ0v) is 17.4. The quantitative estimate of drug-likeness (QED) is 0.568. The minimum atomic E-state index is 0.126. The third-order valence-electron chi connectivity index (χ3n) is 5.15. The summed E-state index contributed by atoms with van der Waals surface area (Å²) in [5, 5.41) is 0.867. The molecule has 1 aromatic carbocycles. The van der Waals surface area contributed by atoms with Crippen molar-refractivity contribution >= 4 is 21.6 Å². The van der Waals surface area contributed by atoms with Gasteiger partial charge in [0.1, 0.15) is 16.4 Å². The summed E-state index contributed by atoms with van der Waals surface area (Å²) in [5.41, 5.74) is 1.38. The number of rotatable bonds is 7. The molecule has 0 bridgehead atoms. The highest BCUT2D eigenvalue weighted by Gasteiger charge is 2.22. The summed E-state index contributed by atoms with van der Waals surface area (Å²) in [7, 11) is 4.03. The third kappa shape index (κ3) is 3.98. The molecule has 6 heteroatoms. The first-order valence-electron chi connectivity index (χ1n) is 10.00. The molecule has 2 heterocycles. The predicted octanol–water partition coefficient (Wildman–Crippen LogP) is 3.87. The summed E-state index contributed by atoms with van der Waals surface area (Å²) in [4.78, 5) is 22.7. The summed E-state index contributed by atoms with van der Waals surface area (Å²) in [6, 6.07) is 9.81. The molecule has 0 spiro atoms. The largest absolute Gasteiger partial charge is 0.494 e. The third-order valence-corrected chi connectivity index (χ3v) is 6.34. The van der Waals surface area contributed by atoms with Crippen LogP contribution in [0, 0.1) is 0 Å². The van der Waals surface area contributed by atoms with Crippen molar-refractivity contribution in [3.63, 3.8) is 0 Å². The van der Waals surface area contributed by atoms with Crippen molar-refractivity contribution in [2.45, 2.75) is 45.2 Å². The standard InChI is InChI=1S/C22H27N3O2S/c1-24(2)15-19-23-21-20(17-11-6-7-12-18(17)28-21)22(26)25(19)13-8-14-27-16-9-4-3-5-10-16/h3-5,9-10H,6-8,11-15H2,1-2H3. The zero-order chi connectivity index (χ0) is 19.5. The van der Waals surface area contributed by atoms with Crippen LogP contribution in [0.4, 0.5) is 0 Å². The van der Waals surface area contributed by atoms with Gasteiger partial charge in [-0.05, 0) is 63.9 Å². The maximum Gasteiger partial charge on any atom is 0.262 e. The highest BCUT2D eigenvalue weighted by Crippen LogP contribution is 2.33. The van der Waals surface area contributed by atoms with Crippen LogP contribution in [0.2, 0.25) is 0 Å². The molecule has 3 aromatic rings. The molecular formula is C22H27N3O2S. The van der Waals surface area contributed by atoms with Crippen LogP contribution < -0.4 is 10.3 Å². The molecule has 0 saturated carbocycles. The Kier molecular flexibility index (Phi) is 5.78. The van der Waals surface area contributed by atoms with Gasteiger partial charge in [-0.1, -0.05) is 18.2 Å². The molecule has 5 nitrogen and oxygen atoms in total. The second-order valence-electron chi connectivity index (χ2n) is 7.63. The number of thiophene rings is 1. The summed E-state index contributed by atoms with van der Waals surface area (Å²) in [6.45, 7) is 1.87. The molecule has 2 aromatic heterocycles. The molecule has 0 saturated heterocycles. The van der Waals surface area contributed by atoms with Gasteiger partial charge in [0.2, 0.25) is 0 Å². The van der Waals surface area contributed by atoms with E-state index < -0.39 is 0 Å². The van der Waals surface area contributed by atoms with Crippen LogP contribution >= 0.6 is 11.3 Å². The van der Waals surface area contributed by atoms with Gasteiger partial charge >= 0.3 is 0 Å². The monoisotopic (exact) mass is 397 g/mol. The zero-order valence-electron chi connectivity index (χ0n) is 16.6. The fraction of sp³-hybridized carbons (Fsp3) is 0.455. The lowest BCUT2D eigenvalue weighted by Crippen LogP contribution is -2.29. The first-order chi connectivity index (χ1) is 13.6. The lowest BCUT2D eigenvalue weighted by atomic mass is 9.97. The van der Waals surface area contributed by atoms with Gasteiger partial charge in [-0.2, -0.15) is 0 Å². The number of hydrogen-bond donors (Lipinski definition) is 0. The molecule has 0 radical (unpaired) electrons. The van der Waals surface area contributed by atoms with Gasteiger partial charge in [0.05, 0.1) is 18.5 Å². The smallest absolute Gasteiger partial charge is 0.262 e. The number of ether oxygens (including phenoxy) is 1. The molecule has 148 valence electrons. The van der Waals surface area contributed by atoms with Crippen LogP contribution in [-0.2, 0) is 25.9 Å². The van der Waals surface area contributed by atoms with Gasteiger partial charge < -0.3 is 9.64 Å². The van der Waals surface area contributed by atoms with E-state index in [1.54, 1.807) is 11.3 Å². The lowest BCUT2D eigenvalue weighted by molar-refractivity contribution is 0.297. The van der Waals surface area contributed by atoms with Crippen LogP contribution in [0.1, 0.15) is 35.5 Å². The molecule has 0 N–H and O–H groups in total. The van der Waals surface area contributed by atoms with Crippen LogP contribution in [0.15, 0.2) is 35.1 Å². The van der Waals surface area contributed by atoms with Crippen molar-refractivity contribution in [1.29, 1.82) is 0 Å². The van der Waals surface area contributed by atoms with E-state index in [2.05, 4.69) is 4.90 Å². The van der Waals surface area contributed by atoms with Crippen molar-refractivity contribution in [3.8, 4) is 5.75 Å². The number of fused-ring (bicyclic) bond motifs is 3. The number of hydrogen-bond acceptors (Lipinski definition) is 5. The van der Waals surface area contributed by atoms with Gasteiger partial charge in [-0.15, -0.1) is 11.3 Å². The number of aryl methyl sites for hydroxylation is 2. The second-order valence-corrected chi connectivity index (χ2v) is 8.71. The van der Waals surface area contributed by atoms with Crippen molar-refractivity contribution in [2.24, 2.45) is 0 Å². The number of nitrogens with zero attached hydrogens (tertiary/aromatic N) is 3. The Morgan fingerprint density at radius 1 is 1.18 bits per heavy atom. The van der Waals surface area contributed by atoms with E-state index >= 15 is 0 Å². The topological polar surface area (TPSA) is 47.4 Å². The highest BCUT2D eigenvalue weighted by molar-refractivity contribution is 7.18. The number of aromatic nitrogens is 2. The molecule has 28 heavy (non-hydrogen) atoms. The summed E-state index contributed by atoms with van der Waals surface area (Å²) in [6.07, 6.45) is 5.26. The summed E-state index contributed by atoms with van der Waals surface area (Å²) >= 11 is 1.72. The minimum Gasteiger partial charge on any atom is -0.494 e. The Labute approximate surface area is 169 Å². The Morgan fingerprint density at radius 2 is 1.96 bits per heavy atom. The van der Waals surface area contributed by atoms with Crippen molar-refractivity contribution < 1.29 is 4.74 Å². The van der Waals surface area contributed by atoms with E-state index in [1.807, 2.05) is 49.0 Å². The second kappa shape index (κ2) is 8.45. The predicted molar refractivity (Wildman–Crippen MR) is 114 cm³/mol. The average molecular weight is 398 g/mol. The van der Waals surface area contributed by atoms with Gasteiger partial charge in [0.15, 0.2) is 0 Å². The molecule has 0 unspecified atom stereocenters. The van der Waals surface area contributed by atoms with E-state index in [1.165, 1.54) is 23.3 Å². The van der Waals surface area contributed by atoms with E-state index in [4.69, 9.17) is 9.72 Å². The first kappa shape index (κ1) is 19.2. The van der Waals surface area contributed by atoms with Gasteiger partial charge in [-0.3, -0.25) is 9.36 Å². The van der Waals surface area contributed by atoms with Gasteiger partial charge in [0.25, 0.3) is 5.56 Å². The van der Waals surface area contributed by atoms with Gasteiger partial charge in [-0.25, -0.2) is 4.98 Å². The number of para-hydroxylation sites is 1. The van der Waals surface area contributed by atoms with E-state index in [0.29, 0.717) is 19.7 Å². The highest BCUT2D eigenvalue weighted by atomic mass is 32.1. The molecule has 0 fully saturated rings. The first-order valence-corrected chi connectivity index (χ1v) is 10.8. The Balaban J connectivity index is 1.61. The van der Waals surface area contributed by atoms with Crippen LogP contribution in [0.5, 0.6) is 5.75 Å². The lowest BCUT2D eigenvalue weighted by Gasteiger charge is -2.16. The minimum absolute atomic E-state index is 0.126. The van der Waals surface area contributed by atoms with Crippen molar-refractivity contribution in [1.82, 2.24) is 14.5 Å². The maximum atomic E-state index is 13.4. The Hall–Kier alpha value is -2.18.